The van der Waals surface area contributed by atoms with Crippen LogP contribution in [0.2, 0.25) is 5.02 Å². The molecule has 1 amide bonds. The molecule has 0 radical (unpaired) electrons. The molecule has 0 fully saturated rings. The predicted octanol–water partition coefficient (Wildman–Crippen LogP) is 1.86. The van der Waals surface area contributed by atoms with Gasteiger partial charge in [0.25, 0.3) is 11.9 Å². The molecule has 0 bridgehead atoms. The fourth-order valence-electron chi connectivity index (χ4n) is 1.50. The largest absolute Gasteiger partial charge is 0.299 e. The summed E-state index contributed by atoms with van der Waals surface area (Å²) in [7, 11) is 0. The van der Waals surface area contributed by atoms with Crippen molar-refractivity contribution in [3.8, 4) is 0 Å². The maximum absolute atomic E-state index is 11.9. The maximum atomic E-state index is 11.9. The van der Waals surface area contributed by atoms with Gasteiger partial charge in [-0.2, -0.15) is 4.80 Å². The van der Waals surface area contributed by atoms with Crippen molar-refractivity contribution in [3.05, 3.63) is 34.9 Å². The Morgan fingerprint density at radius 1 is 1.38 bits per heavy atom. The van der Waals surface area contributed by atoms with E-state index >= 15 is 0 Å². The number of rotatable bonds is 4. The van der Waals surface area contributed by atoms with Crippen LogP contribution in [0.4, 0.5) is 5.95 Å². The summed E-state index contributed by atoms with van der Waals surface area (Å²) < 4.78 is 0. The topological polar surface area (TPSA) is 84.7 Å². The Hall–Kier alpha value is -2.06. The van der Waals surface area contributed by atoms with Crippen LogP contribution < -0.4 is 10.6 Å². The van der Waals surface area contributed by atoms with Gasteiger partial charge >= 0.3 is 0 Å². The fourth-order valence-corrected chi connectivity index (χ4v) is 1.81. The molecule has 1 heterocycles. The molecular weight excluding hydrogens is 312 g/mol. The van der Waals surface area contributed by atoms with Crippen molar-refractivity contribution in [1.29, 1.82) is 0 Å². The molecule has 2 aromatic rings. The Labute approximate surface area is 131 Å². The summed E-state index contributed by atoms with van der Waals surface area (Å²) in [5.41, 5.74) is 0.450. The zero-order valence-corrected chi connectivity index (χ0v) is 12.8. The second-order valence-corrected chi connectivity index (χ2v) is 4.97. The van der Waals surface area contributed by atoms with E-state index in [4.69, 9.17) is 23.8 Å². The number of nitrogens with zero attached hydrogens (tertiary/aromatic N) is 4. The average Bonchev–Trinajstić information content (AvgIpc) is 2.87. The minimum atomic E-state index is -0.342. The van der Waals surface area contributed by atoms with Crippen molar-refractivity contribution in [2.45, 2.75) is 19.9 Å². The molecule has 0 saturated heterocycles. The number of carbonyl (C=O) groups excluding carboxylic acids is 1. The lowest BCUT2D eigenvalue weighted by Gasteiger charge is -2.06. The molecule has 0 atom stereocenters. The normalized spacial score (nSPS) is 10.2. The number of aromatic nitrogens is 4. The van der Waals surface area contributed by atoms with Gasteiger partial charge in [-0.15, -0.1) is 5.10 Å². The van der Waals surface area contributed by atoms with Gasteiger partial charge in [0, 0.05) is 10.6 Å². The first-order valence-electron chi connectivity index (χ1n) is 6.24. The monoisotopic (exact) mass is 324 g/mol. The molecular formula is C12H13ClN6OS. The number of hydrogen-bond donors (Lipinski definition) is 2. The van der Waals surface area contributed by atoms with Gasteiger partial charge in [0.1, 0.15) is 0 Å². The van der Waals surface area contributed by atoms with Crippen LogP contribution in [0, 0.1) is 0 Å². The second-order valence-electron chi connectivity index (χ2n) is 4.12. The van der Waals surface area contributed by atoms with E-state index in [-0.39, 0.29) is 17.0 Å². The summed E-state index contributed by atoms with van der Waals surface area (Å²) in [6.07, 6.45) is 0.896. The van der Waals surface area contributed by atoms with Gasteiger partial charge in [-0.25, -0.2) is 0 Å². The summed E-state index contributed by atoms with van der Waals surface area (Å²) in [5, 5.41) is 17.6. The van der Waals surface area contributed by atoms with Crippen molar-refractivity contribution in [3.63, 3.8) is 0 Å². The molecule has 0 aliphatic rings. The lowest BCUT2D eigenvalue weighted by atomic mass is 10.2. The van der Waals surface area contributed by atoms with E-state index in [2.05, 4.69) is 26.0 Å². The summed E-state index contributed by atoms with van der Waals surface area (Å²) in [6, 6.07) is 6.47. The van der Waals surface area contributed by atoms with Crippen LogP contribution >= 0.6 is 23.8 Å². The third-order valence-electron chi connectivity index (χ3n) is 2.44. The van der Waals surface area contributed by atoms with Crippen molar-refractivity contribution in [2.24, 2.45) is 0 Å². The number of carbonyl (C=O) groups is 1. The highest BCUT2D eigenvalue weighted by atomic mass is 35.5. The van der Waals surface area contributed by atoms with Gasteiger partial charge in [-0.3, -0.25) is 15.4 Å². The highest BCUT2D eigenvalue weighted by Crippen LogP contribution is 2.09. The van der Waals surface area contributed by atoms with Crippen molar-refractivity contribution in [1.82, 2.24) is 25.5 Å². The van der Waals surface area contributed by atoms with Crippen molar-refractivity contribution < 1.29 is 4.79 Å². The molecule has 0 aliphatic heterocycles. The van der Waals surface area contributed by atoms with Crippen LogP contribution in [0.3, 0.4) is 0 Å². The molecule has 0 unspecified atom stereocenters. The fraction of sp³-hybridized carbons (Fsp3) is 0.250. The standard InChI is InChI=1S/C12H13ClN6OS/c1-2-7-19-17-11(16-18-19)15-12(21)14-10(20)8-3-5-9(13)6-4-8/h3-6H,2,7H2,1H3,(H2,14,15,17,20,21). The van der Waals surface area contributed by atoms with Gasteiger partial charge in [0.15, 0.2) is 5.11 Å². The summed E-state index contributed by atoms with van der Waals surface area (Å²) in [5.74, 6) is -0.102. The Balaban J connectivity index is 1.91. The number of tetrazole rings is 1. The summed E-state index contributed by atoms with van der Waals surface area (Å²) in [4.78, 5) is 13.4. The SMILES string of the molecule is CCCn1nnc(NC(=S)NC(=O)c2ccc(Cl)cc2)n1. The molecule has 0 aliphatic carbocycles. The molecule has 1 aromatic carbocycles. The summed E-state index contributed by atoms with van der Waals surface area (Å²) in [6.45, 7) is 2.67. The van der Waals surface area contributed by atoms with Crippen LogP contribution in [-0.2, 0) is 6.54 Å². The predicted molar refractivity (Wildman–Crippen MR) is 83.2 cm³/mol. The molecule has 21 heavy (non-hydrogen) atoms. The number of hydrogen-bond acceptors (Lipinski definition) is 5. The van der Waals surface area contributed by atoms with Crippen molar-refractivity contribution in [2.75, 3.05) is 5.32 Å². The van der Waals surface area contributed by atoms with E-state index in [1.807, 2.05) is 6.92 Å². The number of amides is 1. The third-order valence-corrected chi connectivity index (χ3v) is 2.89. The van der Waals surface area contributed by atoms with E-state index in [1.165, 1.54) is 4.80 Å². The van der Waals surface area contributed by atoms with E-state index in [0.29, 0.717) is 17.1 Å². The van der Waals surface area contributed by atoms with Gasteiger partial charge in [-0.05, 0) is 48.1 Å². The Morgan fingerprint density at radius 3 is 2.76 bits per heavy atom. The molecule has 9 heteroatoms. The Kier molecular flexibility index (Phi) is 5.18. The lowest BCUT2D eigenvalue weighted by Crippen LogP contribution is -2.34. The molecule has 1 aromatic heterocycles. The number of anilines is 1. The first-order chi connectivity index (χ1) is 10.1. The second kappa shape index (κ2) is 7.09. The van der Waals surface area contributed by atoms with Gasteiger partial charge < -0.3 is 0 Å². The number of nitrogens with one attached hydrogen (secondary N) is 2. The minimum absolute atomic E-state index is 0.103. The number of thiocarbonyl (C=S) groups is 1. The first kappa shape index (κ1) is 15.3. The third kappa shape index (κ3) is 4.47. The highest BCUT2D eigenvalue weighted by Gasteiger charge is 2.09. The molecule has 7 nitrogen and oxygen atoms in total. The van der Waals surface area contributed by atoms with Crippen LogP contribution in [0.15, 0.2) is 24.3 Å². The Morgan fingerprint density at radius 2 is 2.10 bits per heavy atom. The van der Waals surface area contributed by atoms with E-state index < -0.39 is 0 Å². The Bertz CT molecular complexity index is 641. The van der Waals surface area contributed by atoms with Crippen LogP contribution in [-0.4, -0.2) is 31.2 Å². The number of benzene rings is 1. The quantitative estimate of drug-likeness (QED) is 0.835. The zero-order chi connectivity index (χ0) is 15.2. The number of halogens is 1. The molecule has 0 spiro atoms. The average molecular weight is 325 g/mol. The van der Waals surface area contributed by atoms with Gasteiger partial charge in [-0.1, -0.05) is 23.6 Å². The van der Waals surface area contributed by atoms with E-state index in [9.17, 15) is 4.79 Å². The smallest absolute Gasteiger partial charge is 0.269 e. The van der Waals surface area contributed by atoms with E-state index in [1.54, 1.807) is 24.3 Å². The first-order valence-corrected chi connectivity index (χ1v) is 7.03. The lowest BCUT2D eigenvalue weighted by molar-refractivity contribution is 0.0978. The summed E-state index contributed by atoms with van der Waals surface area (Å²) >= 11 is 10.8. The van der Waals surface area contributed by atoms with Crippen LogP contribution in [0.5, 0.6) is 0 Å². The molecule has 2 N–H and O–H groups in total. The van der Waals surface area contributed by atoms with Crippen molar-refractivity contribution >= 4 is 40.8 Å². The molecule has 110 valence electrons. The minimum Gasteiger partial charge on any atom is -0.299 e. The maximum Gasteiger partial charge on any atom is 0.269 e. The van der Waals surface area contributed by atoms with Crippen LogP contribution in [0.25, 0.3) is 0 Å². The highest BCUT2D eigenvalue weighted by molar-refractivity contribution is 7.80. The van der Waals surface area contributed by atoms with Gasteiger partial charge in [0.05, 0.1) is 6.54 Å². The van der Waals surface area contributed by atoms with E-state index in [0.717, 1.165) is 6.42 Å². The molecule has 0 saturated carbocycles. The molecule has 2 rings (SSSR count). The zero-order valence-electron chi connectivity index (χ0n) is 11.2. The van der Waals surface area contributed by atoms with Crippen LogP contribution in [0.1, 0.15) is 23.7 Å². The van der Waals surface area contributed by atoms with Gasteiger partial charge in [0.2, 0.25) is 0 Å². The number of aryl methyl sites for hydroxylation is 1.